The Balaban J connectivity index is 2.84. The second kappa shape index (κ2) is 4.22. The van der Waals surface area contributed by atoms with E-state index in [2.05, 4.69) is 18.4 Å². The Hall–Kier alpha value is -1.72. The van der Waals surface area contributed by atoms with Crippen molar-refractivity contribution in [2.24, 2.45) is 0 Å². The summed E-state index contributed by atoms with van der Waals surface area (Å²) in [7, 11) is 0. The van der Waals surface area contributed by atoms with Crippen LogP contribution in [-0.2, 0) is 0 Å². The maximum atomic E-state index is 8.96. The summed E-state index contributed by atoms with van der Waals surface area (Å²) in [5.74, 6) is 0.267. The molecule has 59 valence electrons. The van der Waals surface area contributed by atoms with Gasteiger partial charge in [0.25, 0.3) is 0 Å². The Kier molecular flexibility index (Phi) is 2.95. The molecular formula is C11H9O. The summed E-state index contributed by atoms with van der Waals surface area (Å²) in [5.41, 5.74) is 3.77. The number of rotatable bonds is 2. The molecule has 1 radical (unpaired) electrons. The van der Waals surface area contributed by atoms with Crippen LogP contribution in [0, 0.1) is 6.08 Å². The monoisotopic (exact) mass is 157 g/mol. The van der Waals surface area contributed by atoms with Crippen LogP contribution in [0.4, 0.5) is 0 Å². The van der Waals surface area contributed by atoms with Crippen LogP contribution in [0.2, 0.25) is 0 Å². The van der Waals surface area contributed by atoms with Gasteiger partial charge in [0.2, 0.25) is 0 Å². The minimum Gasteiger partial charge on any atom is -0.508 e. The first kappa shape index (κ1) is 8.38. The van der Waals surface area contributed by atoms with Gasteiger partial charge in [-0.15, -0.1) is 5.73 Å². The second-order valence-corrected chi connectivity index (χ2v) is 2.23. The van der Waals surface area contributed by atoms with E-state index in [1.54, 1.807) is 30.3 Å². The molecule has 0 spiro atoms. The van der Waals surface area contributed by atoms with Gasteiger partial charge in [0.1, 0.15) is 5.75 Å². The summed E-state index contributed by atoms with van der Waals surface area (Å²) in [6, 6.07) is 6.85. The van der Waals surface area contributed by atoms with E-state index in [-0.39, 0.29) is 5.75 Å². The fourth-order valence-electron chi connectivity index (χ4n) is 0.754. The number of allylic oxidation sites excluding steroid dienone is 2. The highest BCUT2D eigenvalue weighted by atomic mass is 16.3. The van der Waals surface area contributed by atoms with Gasteiger partial charge in [-0.25, -0.2) is 0 Å². The average molecular weight is 157 g/mol. The molecule has 0 amide bonds. The molecule has 0 aliphatic carbocycles. The van der Waals surface area contributed by atoms with E-state index in [1.807, 2.05) is 0 Å². The van der Waals surface area contributed by atoms with Gasteiger partial charge in [0.15, 0.2) is 0 Å². The molecule has 0 aliphatic rings. The number of benzene rings is 1. The topological polar surface area (TPSA) is 20.2 Å². The first-order chi connectivity index (χ1) is 5.83. The second-order valence-electron chi connectivity index (χ2n) is 2.23. The summed E-state index contributed by atoms with van der Waals surface area (Å²) >= 11 is 0. The zero-order valence-electron chi connectivity index (χ0n) is 6.62. The molecule has 12 heavy (non-hydrogen) atoms. The van der Waals surface area contributed by atoms with Gasteiger partial charge in [0.05, 0.1) is 0 Å². The van der Waals surface area contributed by atoms with Crippen LogP contribution >= 0.6 is 0 Å². The Labute approximate surface area is 72.0 Å². The average Bonchev–Trinajstić information content (AvgIpc) is 2.09. The highest BCUT2D eigenvalue weighted by Gasteiger charge is 1.85. The summed E-state index contributed by atoms with van der Waals surface area (Å²) < 4.78 is 0. The fraction of sp³-hybridized carbons (Fsp3) is 0. The van der Waals surface area contributed by atoms with Crippen LogP contribution < -0.4 is 0 Å². The molecule has 0 atom stereocenters. The van der Waals surface area contributed by atoms with Gasteiger partial charge in [-0.1, -0.05) is 24.8 Å². The molecule has 1 nitrogen and oxygen atoms in total. The summed E-state index contributed by atoms with van der Waals surface area (Å²) in [5, 5.41) is 8.96. The molecule has 1 aromatic carbocycles. The summed E-state index contributed by atoms with van der Waals surface area (Å²) in [4.78, 5) is 0. The highest BCUT2D eigenvalue weighted by Crippen LogP contribution is 2.09. The number of aromatic hydroxyl groups is 1. The lowest BCUT2D eigenvalue weighted by Gasteiger charge is -1.90. The highest BCUT2D eigenvalue weighted by molar-refractivity contribution is 5.49. The van der Waals surface area contributed by atoms with Crippen LogP contribution in [0.5, 0.6) is 5.75 Å². The van der Waals surface area contributed by atoms with Crippen molar-refractivity contribution in [1.82, 2.24) is 0 Å². The van der Waals surface area contributed by atoms with Crippen molar-refractivity contribution >= 4 is 6.08 Å². The molecule has 0 saturated carbocycles. The van der Waals surface area contributed by atoms with Crippen molar-refractivity contribution in [3.05, 3.63) is 54.3 Å². The maximum absolute atomic E-state index is 8.96. The quantitative estimate of drug-likeness (QED) is 0.516. The predicted molar refractivity (Wildman–Crippen MR) is 49.5 cm³/mol. The van der Waals surface area contributed by atoms with E-state index in [0.29, 0.717) is 0 Å². The molecule has 1 heteroatoms. The third-order valence-electron chi connectivity index (χ3n) is 1.32. The van der Waals surface area contributed by atoms with Gasteiger partial charge in [-0.2, -0.15) is 0 Å². The van der Waals surface area contributed by atoms with Crippen molar-refractivity contribution in [3.8, 4) is 5.75 Å². The standard InChI is InChI=1S/C11H9O/c1-2-3-4-5-10-6-8-11(12)9-7-10/h2,5-9,12H,1H2. The summed E-state index contributed by atoms with van der Waals surface area (Å²) in [6.45, 7) is 3.47. The molecule has 0 bridgehead atoms. The van der Waals surface area contributed by atoms with E-state index in [9.17, 15) is 0 Å². The minimum absolute atomic E-state index is 0.267. The van der Waals surface area contributed by atoms with Crippen LogP contribution in [-0.4, -0.2) is 5.11 Å². The molecule has 0 saturated heterocycles. The van der Waals surface area contributed by atoms with E-state index < -0.39 is 0 Å². The first-order valence-corrected chi connectivity index (χ1v) is 3.57. The normalized spacial score (nSPS) is 8.33. The van der Waals surface area contributed by atoms with Gasteiger partial charge in [-0.3, -0.25) is 0 Å². The Morgan fingerprint density at radius 2 is 1.92 bits per heavy atom. The lowest BCUT2D eigenvalue weighted by molar-refractivity contribution is 0.475. The van der Waals surface area contributed by atoms with Crippen molar-refractivity contribution in [2.75, 3.05) is 0 Å². The lowest BCUT2D eigenvalue weighted by atomic mass is 10.2. The minimum atomic E-state index is 0.267. The van der Waals surface area contributed by atoms with E-state index in [0.717, 1.165) is 5.56 Å². The van der Waals surface area contributed by atoms with Crippen molar-refractivity contribution < 1.29 is 5.11 Å². The first-order valence-electron chi connectivity index (χ1n) is 3.57. The summed E-state index contributed by atoms with van der Waals surface area (Å²) in [6.07, 6.45) is 6.01. The number of hydrogen-bond acceptors (Lipinski definition) is 1. The molecule has 0 fully saturated rings. The van der Waals surface area contributed by atoms with Crippen LogP contribution in [0.15, 0.2) is 42.7 Å². The molecule has 1 aromatic rings. The lowest BCUT2D eigenvalue weighted by Crippen LogP contribution is -1.68. The van der Waals surface area contributed by atoms with Crippen molar-refractivity contribution in [1.29, 1.82) is 0 Å². The fourth-order valence-corrected chi connectivity index (χ4v) is 0.754. The van der Waals surface area contributed by atoms with E-state index >= 15 is 0 Å². The SMILES string of the molecule is C=C[C]=C=Cc1ccc(O)cc1. The Morgan fingerprint density at radius 1 is 1.25 bits per heavy atom. The van der Waals surface area contributed by atoms with Crippen LogP contribution in [0.25, 0.3) is 6.08 Å². The number of phenols is 1. The van der Waals surface area contributed by atoms with Gasteiger partial charge in [-0.05, 0) is 23.8 Å². The largest absolute Gasteiger partial charge is 0.508 e. The van der Waals surface area contributed by atoms with Crippen molar-refractivity contribution in [3.63, 3.8) is 0 Å². The Morgan fingerprint density at radius 3 is 2.50 bits per heavy atom. The molecule has 0 unspecified atom stereocenters. The maximum Gasteiger partial charge on any atom is 0.115 e. The van der Waals surface area contributed by atoms with Crippen molar-refractivity contribution in [2.45, 2.75) is 0 Å². The molecule has 0 heterocycles. The number of hydrogen-bond donors (Lipinski definition) is 1. The molecular weight excluding hydrogens is 148 g/mol. The zero-order chi connectivity index (χ0) is 8.81. The Bertz CT molecular complexity index is 313. The molecule has 0 aromatic heterocycles. The van der Waals surface area contributed by atoms with E-state index in [1.165, 1.54) is 6.08 Å². The number of phenolic OH excluding ortho intramolecular Hbond substituents is 1. The third-order valence-corrected chi connectivity index (χ3v) is 1.32. The smallest absolute Gasteiger partial charge is 0.115 e. The van der Waals surface area contributed by atoms with E-state index in [4.69, 9.17) is 5.11 Å². The van der Waals surface area contributed by atoms with Crippen LogP contribution in [0.1, 0.15) is 5.56 Å². The van der Waals surface area contributed by atoms with Gasteiger partial charge < -0.3 is 5.11 Å². The predicted octanol–water partition coefficient (Wildman–Crippen LogP) is 2.55. The third kappa shape index (κ3) is 2.49. The zero-order valence-corrected chi connectivity index (χ0v) is 6.62. The molecule has 0 aliphatic heterocycles. The van der Waals surface area contributed by atoms with Gasteiger partial charge >= 0.3 is 0 Å². The van der Waals surface area contributed by atoms with Gasteiger partial charge in [0, 0.05) is 6.08 Å². The molecule has 1 rings (SSSR count). The van der Waals surface area contributed by atoms with Crippen LogP contribution in [0.3, 0.4) is 0 Å². The molecule has 1 N–H and O–H groups in total.